The average molecular weight is 360 g/mol. The second-order valence-electron chi connectivity index (χ2n) is 6.31. The number of aryl methyl sites for hydroxylation is 1. The minimum Gasteiger partial charge on any atom is -0.406 e. The summed E-state index contributed by atoms with van der Waals surface area (Å²) in [5, 5.41) is 8.56. The molecule has 0 aliphatic rings. The first-order valence-electron chi connectivity index (χ1n) is 8.79. The molecule has 1 aromatic carbocycles. The normalized spacial score (nSPS) is 12.2. The fourth-order valence-corrected chi connectivity index (χ4v) is 2.26. The number of ether oxygens (including phenoxy) is 1. The highest BCUT2D eigenvalue weighted by Crippen LogP contribution is 2.29. The Bertz CT molecular complexity index is 510. The third-order valence-corrected chi connectivity index (χ3v) is 3.74. The predicted molar refractivity (Wildman–Crippen MR) is 97.6 cm³/mol. The lowest BCUT2D eigenvalue weighted by molar-refractivity contribution is -0.274. The van der Waals surface area contributed by atoms with E-state index in [9.17, 15) is 13.2 Å². The summed E-state index contributed by atoms with van der Waals surface area (Å²) in [5.74, 6) is 0.310. The van der Waals surface area contributed by atoms with E-state index in [0.29, 0.717) is 12.5 Å². The maximum absolute atomic E-state index is 12.1. The van der Waals surface area contributed by atoms with Gasteiger partial charge in [-0.25, -0.2) is 0 Å². The van der Waals surface area contributed by atoms with E-state index in [-0.39, 0.29) is 5.75 Å². The number of hydrogen-bond acceptors (Lipinski definition) is 2. The Hall–Kier alpha value is -1.49. The fraction of sp³-hybridized carbons (Fsp3) is 0.600. The van der Waals surface area contributed by atoms with E-state index in [1.54, 1.807) is 6.07 Å². The van der Waals surface area contributed by atoms with Gasteiger partial charge in [-0.2, -0.15) is 0 Å². The van der Waals surface area contributed by atoms with Crippen molar-refractivity contribution in [2.45, 2.75) is 66.2 Å². The Morgan fingerprint density at radius 3 is 2.36 bits per heavy atom. The number of alkyl halides is 3. The molecule has 25 heavy (non-hydrogen) atoms. The smallest absolute Gasteiger partial charge is 0.406 e. The molecule has 1 aromatic rings. The molecule has 5 heteroatoms. The molecular weight excluding hydrogens is 329 g/mol. The van der Waals surface area contributed by atoms with E-state index in [1.165, 1.54) is 31.4 Å². The predicted octanol–water partition coefficient (Wildman–Crippen LogP) is 6.51. The lowest BCUT2D eigenvalue weighted by Crippen LogP contribution is -2.17. The zero-order valence-electron chi connectivity index (χ0n) is 15.7. The van der Waals surface area contributed by atoms with Crippen LogP contribution in [0.5, 0.6) is 5.75 Å². The van der Waals surface area contributed by atoms with Gasteiger partial charge >= 0.3 is 6.36 Å². The topological polar surface area (TPSA) is 29.5 Å². The number of unbranched alkanes of at least 4 members (excludes halogenated alkanes) is 1. The van der Waals surface area contributed by atoms with Gasteiger partial charge in [-0.3, -0.25) is 0 Å². The van der Waals surface area contributed by atoms with E-state index in [2.05, 4.69) is 25.2 Å². The number of aliphatic hydroxyl groups excluding tert-OH is 1. The minimum atomic E-state index is -4.65. The zero-order chi connectivity index (χ0) is 19.5. The molecule has 0 amide bonds. The van der Waals surface area contributed by atoms with E-state index in [4.69, 9.17) is 5.11 Å². The van der Waals surface area contributed by atoms with E-state index in [1.807, 2.05) is 13.8 Å². The van der Waals surface area contributed by atoms with Crippen LogP contribution in [0, 0.1) is 12.8 Å². The molecular formula is C20H31F3O2. The second-order valence-corrected chi connectivity index (χ2v) is 6.31. The number of benzene rings is 1. The van der Waals surface area contributed by atoms with Crippen LogP contribution >= 0.6 is 0 Å². The molecule has 0 bridgehead atoms. The van der Waals surface area contributed by atoms with Crippen LogP contribution < -0.4 is 4.74 Å². The van der Waals surface area contributed by atoms with Crippen LogP contribution in [-0.4, -0.2) is 18.1 Å². The molecule has 1 rings (SSSR count). The first-order valence-corrected chi connectivity index (χ1v) is 8.79. The Kier molecular flexibility index (Phi) is 11.2. The zero-order valence-corrected chi connectivity index (χ0v) is 15.7. The maximum Gasteiger partial charge on any atom is 0.573 e. The van der Waals surface area contributed by atoms with Crippen molar-refractivity contribution in [2.75, 3.05) is 6.61 Å². The standard InChI is InChI=1S/C13H15F3O.C7H16O/c1-4-5-9(2)12-8-11(7-6-10(12)3)17-13(14,15)16;1-3-4-5-7(2)6-8/h6-8H,2,4-5H2,1,3H3;7-8H,3-6H2,1-2H3. The molecule has 0 radical (unpaired) electrons. The molecule has 0 saturated carbocycles. The summed E-state index contributed by atoms with van der Waals surface area (Å²) in [5.41, 5.74) is 2.46. The van der Waals surface area contributed by atoms with Crippen LogP contribution in [0.15, 0.2) is 24.8 Å². The van der Waals surface area contributed by atoms with Crippen molar-refractivity contribution in [3.8, 4) is 5.75 Å². The van der Waals surface area contributed by atoms with Crippen molar-refractivity contribution in [1.29, 1.82) is 0 Å². The summed E-state index contributed by atoms with van der Waals surface area (Å²) in [6.07, 6.45) is 0.677. The highest BCUT2D eigenvalue weighted by Gasteiger charge is 2.31. The quantitative estimate of drug-likeness (QED) is 0.572. The van der Waals surface area contributed by atoms with E-state index in [0.717, 1.165) is 29.5 Å². The largest absolute Gasteiger partial charge is 0.573 e. The Morgan fingerprint density at radius 1 is 1.24 bits per heavy atom. The van der Waals surface area contributed by atoms with Crippen molar-refractivity contribution >= 4 is 5.57 Å². The second kappa shape index (κ2) is 12.0. The highest BCUT2D eigenvalue weighted by atomic mass is 19.4. The number of allylic oxidation sites excluding steroid dienone is 1. The van der Waals surface area contributed by atoms with Crippen LogP contribution in [0.4, 0.5) is 13.2 Å². The number of rotatable bonds is 8. The molecule has 1 unspecified atom stereocenters. The van der Waals surface area contributed by atoms with Gasteiger partial charge in [0.1, 0.15) is 5.75 Å². The summed E-state index contributed by atoms with van der Waals surface area (Å²) in [4.78, 5) is 0. The molecule has 0 aliphatic carbocycles. The molecule has 0 aromatic heterocycles. The summed E-state index contributed by atoms with van der Waals surface area (Å²) in [7, 11) is 0. The molecule has 144 valence electrons. The van der Waals surface area contributed by atoms with Gasteiger partial charge in [0.05, 0.1) is 0 Å². The lowest BCUT2D eigenvalue weighted by Gasteiger charge is -2.13. The van der Waals surface area contributed by atoms with Crippen LogP contribution in [0.1, 0.15) is 64.0 Å². The van der Waals surface area contributed by atoms with Crippen LogP contribution in [0.3, 0.4) is 0 Å². The van der Waals surface area contributed by atoms with Gasteiger partial charge in [-0.1, -0.05) is 52.7 Å². The van der Waals surface area contributed by atoms with Crippen molar-refractivity contribution < 1.29 is 23.0 Å². The third-order valence-electron chi connectivity index (χ3n) is 3.74. The highest BCUT2D eigenvalue weighted by molar-refractivity contribution is 5.67. The number of aliphatic hydroxyl groups is 1. The summed E-state index contributed by atoms with van der Waals surface area (Å²) in [6.45, 7) is 12.3. The van der Waals surface area contributed by atoms with Crippen LogP contribution in [0.2, 0.25) is 0 Å². The summed E-state index contributed by atoms with van der Waals surface area (Å²) in [6, 6.07) is 4.31. The minimum absolute atomic E-state index is 0.199. The maximum atomic E-state index is 12.1. The monoisotopic (exact) mass is 360 g/mol. The van der Waals surface area contributed by atoms with Gasteiger partial charge in [0.15, 0.2) is 0 Å². The molecule has 0 saturated heterocycles. The van der Waals surface area contributed by atoms with Gasteiger partial charge < -0.3 is 9.84 Å². The molecule has 2 nitrogen and oxygen atoms in total. The summed E-state index contributed by atoms with van der Waals surface area (Å²) < 4.78 is 40.1. The molecule has 1 atom stereocenters. The Labute approximate surface area is 149 Å². The van der Waals surface area contributed by atoms with Crippen molar-refractivity contribution in [3.63, 3.8) is 0 Å². The third kappa shape index (κ3) is 10.9. The number of halogens is 3. The van der Waals surface area contributed by atoms with E-state index >= 15 is 0 Å². The molecule has 0 aliphatic heterocycles. The van der Waals surface area contributed by atoms with Gasteiger partial charge in [0.25, 0.3) is 0 Å². The van der Waals surface area contributed by atoms with E-state index < -0.39 is 6.36 Å². The van der Waals surface area contributed by atoms with Crippen LogP contribution in [-0.2, 0) is 0 Å². The molecule has 0 spiro atoms. The van der Waals surface area contributed by atoms with Crippen molar-refractivity contribution in [2.24, 2.45) is 5.92 Å². The van der Waals surface area contributed by atoms with Crippen LogP contribution in [0.25, 0.3) is 5.57 Å². The molecule has 1 N–H and O–H groups in total. The summed E-state index contributed by atoms with van der Waals surface area (Å²) >= 11 is 0. The fourth-order valence-electron chi connectivity index (χ4n) is 2.26. The van der Waals surface area contributed by atoms with Gasteiger partial charge in [0.2, 0.25) is 0 Å². The Balaban J connectivity index is 0.000000609. The first-order chi connectivity index (χ1) is 11.6. The van der Waals surface area contributed by atoms with Crippen molar-refractivity contribution in [3.05, 3.63) is 35.9 Å². The Morgan fingerprint density at radius 2 is 1.88 bits per heavy atom. The SMILES string of the molecule is C=C(CCC)c1cc(OC(F)(F)F)ccc1C.CCCCC(C)CO. The number of hydrogen-bond donors (Lipinski definition) is 1. The van der Waals surface area contributed by atoms with Gasteiger partial charge in [-0.15, -0.1) is 13.2 Å². The average Bonchev–Trinajstić information content (AvgIpc) is 2.53. The molecule has 0 fully saturated rings. The molecule has 0 heterocycles. The van der Waals surface area contributed by atoms with Crippen molar-refractivity contribution in [1.82, 2.24) is 0 Å². The van der Waals surface area contributed by atoms with Gasteiger partial charge in [0, 0.05) is 6.61 Å². The first kappa shape index (κ1) is 23.5. The lowest BCUT2D eigenvalue weighted by atomic mass is 9.98. The van der Waals surface area contributed by atoms with Gasteiger partial charge in [-0.05, 0) is 54.5 Å².